The van der Waals surface area contributed by atoms with Crippen LogP contribution in [0.15, 0.2) is 93.7 Å². The van der Waals surface area contributed by atoms with Gasteiger partial charge in [-0.05, 0) is 37.5 Å². The molecule has 3 rings (SSSR count). The molecule has 0 saturated heterocycles. The molecule has 33 heavy (non-hydrogen) atoms. The van der Waals surface area contributed by atoms with Crippen LogP contribution in [0.4, 0.5) is 5.69 Å². The first-order valence-corrected chi connectivity index (χ1v) is 10.9. The Balaban J connectivity index is 1.77. The number of ether oxygens (including phenoxy) is 1. The lowest BCUT2D eigenvalue weighted by molar-refractivity contribution is -0.120. The van der Waals surface area contributed by atoms with Crippen LogP contribution in [0.3, 0.4) is 0 Å². The second-order valence-corrected chi connectivity index (χ2v) is 8.12. The number of ketones is 1. The summed E-state index contributed by atoms with van der Waals surface area (Å²) in [6.07, 6.45) is 8.83. The first-order valence-electron chi connectivity index (χ1n) is 10.9. The average molecular weight is 448 g/mol. The summed E-state index contributed by atoms with van der Waals surface area (Å²) >= 11 is 0. The van der Waals surface area contributed by atoms with Gasteiger partial charge in [0.2, 0.25) is 5.91 Å². The lowest BCUT2D eigenvalue weighted by Crippen LogP contribution is -2.29. The predicted octanol–water partition coefficient (Wildman–Crippen LogP) is 5.37. The lowest BCUT2D eigenvalue weighted by Gasteiger charge is -2.28. The molecule has 1 unspecified atom stereocenters. The van der Waals surface area contributed by atoms with Crippen LogP contribution in [0.1, 0.15) is 32.3 Å². The van der Waals surface area contributed by atoms with Gasteiger partial charge in [0.05, 0.1) is 18.7 Å². The summed E-state index contributed by atoms with van der Waals surface area (Å²) in [5.74, 6) is -1.16. The average Bonchev–Trinajstić information content (AvgIpc) is 2.82. The summed E-state index contributed by atoms with van der Waals surface area (Å²) in [5.41, 5.74) is 3.08. The number of nitrogens with zero attached hydrogens (tertiary/aromatic N) is 2. The van der Waals surface area contributed by atoms with Gasteiger partial charge < -0.3 is 15.2 Å². The van der Waals surface area contributed by atoms with Crippen LogP contribution in [-0.4, -0.2) is 23.9 Å². The number of hydrogen-bond acceptors (Lipinski definition) is 6. The smallest absolute Gasteiger partial charge is 0.246 e. The Labute approximate surface area is 193 Å². The van der Waals surface area contributed by atoms with E-state index < -0.39 is 11.8 Å². The second kappa shape index (κ2) is 10.7. The fourth-order valence-corrected chi connectivity index (χ4v) is 3.70. The van der Waals surface area contributed by atoms with Gasteiger partial charge in [0.25, 0.3) is 0 Å². The Morgan fingerprint density at radius 2 is 1.94 bits per heavy atom. The number of aliphatic hydroxyl groups excluding tert-OH is 1. The fraction of sp³-hybridized carbons (Fsp3) is 0.308. The Kier molecular flexibility index (Phi) is 7.77. The van der Waals surface area contributed by atoms with Gasteiger partial charge in [-0.25, -0.2) is 0 Å². The second-order valence-electron chi connectivity index (χ2n) is 8.12. The van der Waals surface area contributed by atoms with Crippen LogP contribution >= 0.6 is 0 Å². The summed E-state index contributed by atoms with van der Waals surface area (Å²) in [6, 6.07) is 7.28. The van der Waals surface area contributed by atoms with E-state index in [0.29, 0.717) is 34.8 Å². The minimum Gasteiger partial charge on any atom is -0.511 e. The Hall–Kier alpha value is -3.74. The zero-order valence-electron chi connectivity index (χ0n) is 19.2. The normalized spacial score (nSPS) is 20.3. The van der Waals surface area contributed by atoms with Gasteiger partial charge in [-0.15, -0.1) is 0 Å². The number of nitrogens with one attached hydrogen (secondary N) is 1. The Bertz CT molecular complexity index is 1090. The van der Waals surface area contributed by atoms with E-state index in [2.05, 4.69) is 22.1 Å². The molecular formula is C26H29N3O4. The number of allylic oxidation sites excluding steroid dienone is 7. The summed E-state index contributed by atoms with van der Waals surface area (Å²) in [7, 11) is 1.49. The molecule has 7 heteroatoms. The number of methoxy groups -OCH3 is 1. The van der Waals surface area contributed by atoms with Crippen molar-refractivity contribution in [1.82, 2.24) is 5.32 Å². The zero-order valence-corrected chi connectivity index (χ0v) is 19.2. The first kappa shape index (κ1) is 23.9. The number of Topliss-reactive ketones (excluding diaryl/α,β-unsaturated/α-hetero) is 1. The highest BCUT2D eigenvalue weighted by Gasteiger charge is 2.37. The van der Waals surface area contributed by atoms with Crippen LogP contribution < -0.4 is 5.32 Å². The van der Waals surface area contributed by atoms with Gasteiger partial charge >= 0.3 is 0 Å². The molecule has 2 atom stereocenters. The molecule has 2 aliphatic rings. The summed E-state index contributed by atoms with van der Waals surface area (Å²) in [4.78, 5) is 24.7. The van der Waals surface area contributed by atoms with Crippen molar-refractivity contribution >= 4 is 17.4 Å². The molecule has 1 amide bonds. The van der Waals surface area contributed by atoms with Gasteiger partial charge in [-0.1, -0.05) is 43.9 Å². The monoisotopic (exact) mass is 447 g/mol. The quantitative estimate of drug-likeness (QED) is 0.413. The summed E-state index contributed by atoms with van der Waals surface area (Å²) < 4.78 is 5.40. The highest BCUT2D eigenvalue weighted by atomic mass is 16.5. The summed E-state index contributed by atoms with van der Waals surface area (Å²) in [5, 5.41) is 22.0. The molecule has 1 aromatic rings. The molecule has 0 saturated carbocycles. The summed E-state index contributed by atoms with van der Waals surface area (Å²) in [6.45, 7) is 7.49. The molecule has 172 valence electrons. The van der Waals surface area contributed by atoms with E-state index in [1.54, 1.807) is 19.1 Å². The molecule has 0 radical (unpaired) electrons. The Morgan fingerprint density at radius 3 is 2.55 bits per heavy atom. The van der Waals surface area contributed by atoms with Gasteiger partial charge in [0.15, 0.2) is 5.78 Å². The Morgan fingerprint density at radius 1 is 1.21 bits per heavy atom. The third kappa shape index (κ3) is 5.74. The molecular weight excluding hydrogens is 418 g/mol. The molecule has 7 nitrogen and oxygen atoms in total. The molecule has 1 aromatic carbocycles. The molecule has 0 heterocycles. The predicted molar refractivity (Wildman–Crippen MR) is 126 cm³/mol. The van der Waals surface area contributed by atoms with Crippen molar-refractivity contribution in [2.45, 2.75) is 33.2 Å². The van der Waals surface area contributed by atoms with Crippen molar-refractivity contribution in [3.05, 3.63) is 89.1 Å². The number of carbonyl (C=O) groups excluding carboxylic acids is 2. The van der Waals surface area contributed by atoms with Gasteiger partial charge in [0, 0.05) is 29.7 Å². The molecule has 2 N–H and O–H groups in total. The van der Waals surface area contributed by atoms with E-state index >= 15 is 0 Å². The number of azo groups is 1. The topological polar surface area (TPSA) is 100 Å². The van der Waals surface area contributed by atoms with Crippen molar-refractivity contribution < 1.29 is 19.4 Å². The molecule has 2 aliphatic carbocycles. The molecule has 0 spiro atoms. The van der Waals surface area contributed by atoms with E-state index in [0.717, 1.165) is 18.4 Å². The van der Waals surface area contributed by atoms with Crippen LogP contribution in [0.25, 0.3) is 0 Å². The van der Waals surface area contributed by atoms with Crippen molar-refractivity contribution in [2.24, 2.45) is 22.1 Å². The number of rotatable bonds is 8. The SMILES string of the molecule is C=C(C)C(=O)NCc1ccc(/N=N/C2=C(OC)C=C(O)[C@H](C(=O)C3=CCCC=C3)C2C)cc1. The van der Waals surface area contributed by atoms with Gasteiger partial charge in [0.1, 0.15) is 17.2 Å². The van der Waals surface area contributed by atoms with Crippen LogP contribution in [0, 0.1) is 11.8 Å². The fourth-order valence-electron chi connectivity index (χ4n) is 3.70. The standard InChI is InChI=1S/C26H29N3O4/c1-16(2)26(32)27-15-18-10-12-20(13-11-18)28-29-24-17(3)23(21(30)14-22(24)33-4)25(31)19-8-6-5-7-9-19/h6,8-14,17,23,30H,1,5,7,15H2,2-4H3,(H,27,32)/b29-28+/t17?,23-/m1/s1. The van der Waals surface area contributed by atoms with E-state index in [4.69, 9.17) is 4.74 Å². The van der Waals surface area contributed by atoms with Crippen LogP contribution in [-0.2, 0) is 20.9 Å². The molecule has 0 fully saturated rings. The molecule has 0 bridgehead atoms. The zero-order chi connectivity index (χ0) is 24.0. The van der Waals surface area contributed by atoms with E-state index in [1.165, 1.54) is 13.2 Å². The van der Waals surface area contributed by atoms with Crippen molar-refractivity contribution in [3.63, 3.8) is 0 Å². The highest BCUT2D eigenvalue weighted by Crippen LogP contribution is 2.37. The largest absolute Gasteiger partial charge is 0.511 e. The van der Waals surface area contributed by atoms with Crippen molar-refractivity contribution in [1.29, 1.82) is 0 Å². The van der Waals surface area contributed by atoms with Gasteiger partial charge in [-0.3, -0.25) is 9.59 Å². The third-order valence-electron chi connectivity index (χ3n) is 5.61. The molecule has 0 aliphatic heterocycles. The first-order chi connectivity index (χ1) is 15.8. The van der Waals surface area contributed by atoms with Crippen molar-refractivity contribution in [2.75, 3.05) is 7.11 Å². The molecule has 0 aromatic heterocycles. The van der Waals surface area contributed by atoms with Crippen LogP contribution in [0.5, 0.6) is 0 Å². The maximum atomic E-state index is 13.1. The lowest BCUT2D eigenvalue weighted by atomic mass is 9.79. The number of benzene rings is 1. The number of hydrogen-bond donors (Lipinski definition) is 2. The minimum absolute atomic E-state index is 0.0377. The van der Waals surface area contributed by atoms with E-state index in [9.17, 15) is 14.7 Å². The highest BCUT2D eigenvalue weighted by molar-refractivity contribution is 6.01. The van der Waals surface area contributed by atoms with Gasteiger partial charge in [-0.2, -0.15) is 10.2 Å². The number of aliphatic hydroxyl groups is 1. The van der Waals surface area contributed by atoms with E-state index in [1.807, 2.05) is 37.3 Å². The van der Waals surface area contributed by atoms with E-state index in [-0.39, 0.29) is 17.4 Å². The minimum atomic E-state index is -0.744. The maximum Gasteiger partial charge on any atom is 0.246 e. The maximum absolute atomic E-state index is 13.1. The van der Waals surface area contributed by atoms with Crippen LogP contribution in [0.2, 0.25) is 0 Å². The number of amides is 1. The third-order valence-corrected chi connectivity index (χ3v) is 5.61. The number of carbonyl (C=O) groups is 2. The van der Waals surface area contributed by atoms with Crippen molar-refractivity contribution in [3.8, 4) is 0 Å².